The van der Waals surface area contributed by atoms with Crippen molar-refractivity contribution in [1.29, 1.82) is 0 Å². The van der Waals surface area contributed by atoms with E-state index >= 15 is 0 Å². The van der Waals surface area contributed by atoms with Gasteiger partial charge in [0, 0.05) is 0 Å². The van der Waals surface area contributed by atoms with Crippen LogP contribution in [0.25, 0.3) is 6.08 Å². The van der Waals surface area contributed by atoms with Crippen LogP contribution in [0.15, 0.2) is 34.6 Å². The van der Waals surface area contributed by atoms with Crippen molar-refractivity contribution in [1.82, 2.24) is 0 Å². The van der Waals surface area contributed by atoms with E-state index in [-0.39, 0.29) is 0 Å². The summed E-state index contributed by atoms with van der Waals surface area (Å²) < 4.78 is 50.1. The van der Waals surface area contributed by atoms with Gasteiger partial charge in [0.05, 0.1) is 0 Å². The number of hydrogen-bond acceptors (Lipinski definition) is 4. The molecule has 0 spiro atoms. The van der Waals surface area contributed by atoms with E-state index in [2.05, 4.69) is 0 Å². The Morgan fingerprint density at radius 1 is 1.20 bits per heavy atom. The maximum atomic E-state index is 10.7. The van der Waals surface area contributed by atoms with Crippen molar-refractivity contribution < 1.29 is 21.4 Å². The average molecular weight is 248 g/mol. The summed E-state index contributed by atoms with van der Waals surface area (Å²) in [6.45, 7) is 0. The molecule has 7 heteroatoms. The van der Waals surface area contributed by atoms with Crippen LogP contribution >= 0.6 is 0 Å². The zero-order chi connectivity index (χ0) is 11.5. The van der Waals surface area contributed by atoms with Gasteiger partial charge < -0.3 is 0 Å². The quantitative estimate of drug-likeness (QED) is 0.600. The minimum Gasteiger partial charge on any atom is -0.281 e. The van der Waals surface area contributed by atoms with Crippen LogP contribution in [-0.2, 0) is 20.8 Å². The van der Waals surface area contributed by atoms with Crippen LogP contribution in [0.5, 0.6) is 0 Å². The van der Waals surface area contributed by atoms with E-state index in [0.29, 0.717) is 5.56 Å². The Labute approximate surface area is 88.8 Å². The minimum atomic E-state index is -4.70. The summed E-state index contributed by atoms with van der Waals surface area (Å²) in [6.07, 6.45) is 0.890. The zero-order valence-corrected chi connectivity index (χ0v) is 9.11. The van der Waals surface area contributed by atoms with Crippen LogP contribution in [-0.4, -0.2) is 21.4 Å². The van der Waals surface area contributed by atoms with Gasteiger partial charge in [0.15, 0.2) is 14.9 Å². The maximum absolute atomic E-state index is 10.7. The predicted molar refractivity (Wildman–Crippen MR) is 56.3 cm³/mol. The summed E-state index contributed by atoms with van der Waals surface area (Å²) >= 11 is 0. The molecule has 0 saturated heterocycles. The zero-order valence-electron chi connectivity index (χ0n) is 7.40. The SMILES string of the molecule is O=[SH](=O)C(=Cc1ccccc1)S(=O)(=O)O. The second-order valence-corrected chi connectivity index (χ2v) is 5.31. The second-order valence-electron chi connectivity index (χ2n) is 2.63. The normalized spacial score (nSPS) is 13.1. The molecule has 0 aliphatic rings. The molecule has 82 valence electrons. The lowest BCUT2D eigenvalue weighted by Crippen LogP contribution is -2.02. The molecule has 0 aliphatic carbocycles. The summed E-state index contributed by atoms with van der Waals surface area (Å²) in [5.74, 6) is 0. The van der Waals surface area contributed by atoms with Crippen LogP contribution in [0.4, 0.5) is 0 Å². The fourth-order valence-corrected chi connectivity index (χ4v) is 2.21. The molecule has 1 aromatic rings. The lowest BCUT2D eigenvalue weighted by atomic mass is 10.2. The number of hydrogen-bond donors (Lipinski definition) is 2. The highest BCUT2D eigenvalue weighted by Crippen LogP contribution is 2.11. The fraction of sp³-hybridized carbons (Fsp3) is 0. The third-order valence-electron chi connectivity index (χ3n) is 1.53. The molecule has 0 saturated carbocycles. The molecule has 15 heavy (non-hydrogen) atoms. The highest BCUT2D eigenvalue weighted by atomic mass is 32.3. The van der Waals surface area contributed by atoms with E-state index in [1.807, 2.05) is 0 Å². The molecule has 5 nitrogen and oxygen atoms in total. The first-order valence-electron chi connectivity index (χ1n) is 3.80. The van der Waals surface area contributed by atoms with Gasteiger partial charge in [-0.1, -0.05) is 30.3 Å². The van der Waals surface area contributed by atoms with E-state index in [4.69, 9.17) is 4.55 Å². The summed E-state index contributed by atoms with van der Waals surface area (Å²) in [4.78, 5) is 0. The lowest BCUT2D eigenvalue weighted by Gasteiger charge is -1.95. The van der Waals surface area contributed by atoms with Crippen molar-refractivity contribution in [3.63, 3.8) is 0 Å². The average Bonchev–Trinajstić information content (AvgIpc) is 2.13. The van der Waals surface area contributed by atoms with Gasteiger partial charge in [-0.3, -0.25) is 4.55 Å². The van der Waals surface area contributed by atoms with E-state index in [9.17, 15) is 16.8 Å². The molecule has 1 N–H and O–H groups in total. The van der Waals surface area contributed by atoms with Gasteiger partial charge in [-0.15, -0.1) is 0 Å². The van der Waals surface area contributed by atoms with E-state index in [1.54, 1.807) is 18.2 Å². The van der Waals surface area contributed by atoms with E-state index in [1.165, 1.54) is 12.1 Å². The summed E-state index contributed by atoms with van der Waals surface area (Å²) in [5.41, 5.74) is 0.379. The van der Waals surface area contributed by atoms with Crippen LogP contribution in [0.2, 0.25) is 0 Å². The molecule has 0 aliphatic heterocycles. The van der Waals surface area contributed by atoms with Crippen molar-refractivity contribution in [3.05, 3.63) is 40.1 Å². The third-order valence-corrected chi connectivity index (χ3v) is 3.81. The fourth-order valence-electron chi connectivity index (χ4n) is 0.913. The number of rotatable bonds is 3. The first-order chi connectivity index (χ1) is 6.91. The summed E-state index contributed by atoms with van der Waals surface area (Å²) in [5, 5.41) is 0. The predicted octanol–water partition coefficient (Wildman–Crippen LogP) is 0.484. The Balaban J connectivity index is 3.30. The third kappa shape index (κ3) is 3.46. The van der Waals surface area contributed by atoms with Gasteiger partial charge in [0.2, 0.25) is 0 Å². The molecule has 1 rings (SSSR count). The van der Waals surface area contributed by atoms with Crippen LogP contribution in [0.3, 0.4) is 0 Å². The Kier molecular flexibility index (Phi) is 3.61. The molecule has 0 radical (unpaired) electrons. The molecule has 0 amide bonds. The van der Waals surface area contributed by atoms with Crippen LogP contribution in [0.1, 0.15) is 5.56 Å². The smallest absolute Gasteiger partial charge is 0.281 e. The molecule has 0 aromatic heterocycles. The van der Waals surface area contributed by atoms with Crippen molar-refractivity contribution in [3.8, 4) is 0 Å². The molecular formula is C8H8O5S2. The van der Waals surface area contributed by atoms with Gasteiger partial charge in [0.25, 0.3) is 0 Å². The minimum absolute atomic E-state index is 0.379. The molecule has 0 atom stereocenters. The molecule has 0 unspecified atom stereocenters. The van der Waals surface area contributed by atoms with Crippen LogP contribution < -0.4 is 0 Å². The standard InChI is InChI=1S/C8H8O5S2/c9-14(10)8(15(11,12)13)6-7-4-2-1-3-5-7/h1-6,14H,(H,11,12,13). The van der Waals surface area contributed by atoms with Crippen molar-refractivity contribution in [2.75, 3.05) is 0 Å². The molecule has 1 aromatic carbocycles. The topological polar surface area (TPSA) is 88.5 Å². The largest absolute Gasteiger partial charge is 0.305 e. The van der Waals surface area contributed by atoms with Gasteiger partial charge >= 0.3 is 10.1 Å². The monoisotopic (exact) mass is 248 g/mol. The van der Waals surface area contributed by atoms with Crippen LogP contribution in [0, 0.1) is 0 Å². The number of benzene rings is 1. The molecule has 0 heterocycles. The first kappa shape index (κ1) is 11.9. The summed E-state index contributed by atoms with van der Waals surface area (Å²) in [6, 6.07) is 7.96. The second kappa shape index (κ2) is 4.56. The van der Waals surface area contributed by atoms with Gasteiger partial charge in [0.1, 0.15) is 0 Å². The Morgan fingerprint density at radius 3 is 2.13 bits per heavy atom. The van der Waals surface area contributed by atoms with Crippen molar-refractivity contribution in [2.45, 2.75) is 0 Å². The lowest BCUT2D eigenvalue weighted by molar-refractivity contribution is 0.493. The Hall–Kier alpha value is -1.18. The van der Waals surface area contributed by atoms with Gasteiger partial charge in [-0.05, 0) is 11.6 Å². The van der Waals surface area contributed by atoms with Gasteiger partial charge in [-0.2, -0.15) is 8.42 Å². The van der Waals surface area contributed by atoms with Crippen molar-refractivity contribution >= 4 is 26.9 Å². The maximum Gasteiger partial charge on any atom is 0.305 e. The molecule has 0 bridgehead atoms. The highest BCUT2D eigenvalue weighted by molar-refractivity contribution is 8.04. The number of thiol groups is 1. The summed E-state index contributed by atoms with van der Waals surface area (Å²) in [7, 11) is -8.05. The van der Waals surface area contributed by atoms with E-state index in [0.717, 1.165) is 6.08 Å². The van der Waals surface area contributed by atoms with E-state index < -0.39 is 25.1 Å². The molecule has 0 fully saturated rings. The Bertz CT molecular complexity index is 532. The first-order valence-corrected chi connectivity index (χ1v) is 6.41. The van der Waals surface area contributed by atoms with Gasteiger partial charge in [-0.25, -0.2) is 8.42 Å². The molecular weight excluding hydrogens is 240 g/mol. The Morgan fingerprint density at radius 2 is 1.73 bits per heavy atom. The highest BCUT2D eigenvalue weighted by Gasteiger charge is 2.16. The van der Waals surface area contributed by atoms with Crippen molar-refractivity contribution in [2.24, 2.45) is 0 Å².